The Hall–Kier alpha value is -1.80. The number of rotatable bonds is 9. The van der Waals surface area contributed by atoms with Crippen molar-refractivity contribution in [1.29, 1.82) is 0 Å². The van der Waals surface area contributed by atoms with E-state index in [4.69, 9.17) is 4.74 Å². The van der Waals surface area contributed by atoms with E-state index in [2.05, 4.69) is 4.18 Å². The zero-order chi connectivity index (χ0) is 18.3. The van der Waals surface area contributed by atoms with Crippen LogP contribution in [0.15, 0.2) is 59.5 Å². The predicted molar refractivity (Wildman–Crippen MR) is 91.3 cm³/mol. The summed E-state index contributed by atoms with van der Waals surface area (Å²) in [6.07, 6.45) is -3.35. The first-order valence-electron chi connectivity index (χ1n) is 7.78. The van der Waals surface area contributed by atoms with Gasteiger partial charge in [-0.2, -0.15) is 8.42 Å². The average Bonchev–Trinajstić information content (AvgIpc) is 2.61. The van der Waals surface area contributed by atoms with Crippen LogP contribution in [0.4, 0.5) is 4.39 Å². The third-order valence-corrected chi connectivity index (χ3v) is 4.81. The van der Waals surface area contributed by atoms with Gasteiger partial charge in [-0.1, -0.05) is 48.0 Å². The molecule has 5 nitrogen and oxygen atoms in total. The SMILES string of the molecule is Cc1ccc(S(=O)(=O)OCC(F)C(O)COCc2ccccc2)cc1. The van der Waals surface area contributed by atoms with E-state index in [-0.39, 0.29) is 18.1 Å². The molecule has 2 rings (SSSR count). The van der Waals surface area contributed by atoms with E-state index < -0.39 is 29.0 Å². The van der Waals surface area contributed by atoms with Gasteiger partial charge >= 0.3 is 0 Å². The Balaban J connectivity index is 1.78. The number of halogens is 1. The highest BCUT2D eigenvalue weighted by Crippen LogP contribution is 2.15. The number of aryl methyl sites for hydroxylation is 1. The van der Waals surface area contributed by atoms with Crippen molar-refractivity contribution in [1.82, 2.24) is 0 Å². The van der Waals surface area contributed by atoms with Crippen LogP contribution in [0.5, 0.6) is 0 Å². The number of hydrogen-bond acceptors (Lipinski definition) is 5. The summed E-state index contributed by atoms with van der Waals surface area (Å²) in [5.74, 6) is 0. The van der Waals surface area contributed by atoms with Crippen molar-refractivity contribution >= 4 is 10.1 Å². The highest BCUT2D eigenvalue weighted by Gasteiger charge is 2.23. The molecule has 1 N–H and O–H groups in total. The summed E-state index contributed by atoms with van der Waals surface area (Å²) in [4.78, 5) is -0.0554. The van der Waals surface area contributed by atoms with Crippen molar-refractivity contribution in [3.63, 3.8) is 0 Å². The zero-order valence-corrected chi connectivity index (χ0v) is 14.7. The molecular weight excluding hydrogens is 347 g/mol. The molecule has 0 spiro atoms. The van der Waals surface area contributed by atoms with E-state index in [0.29, 0.717) is 0 Å². The molecule has 2 atom stereocenters. The van der Waals surface area contributed by atoms with Gasteiger partial charge in [-0.3, -0.25) is 4.18 Å². The van der Waals surface area contributed by atoms with Gasteiger partial charge < -0.3 is 9.84 Å². The van der Waals surface area contributed by atoms with Crippen LogP contribution in [0.25, 0.3) is 0 Å². The first-order chi connectivity index (χ1) is 11.9. The van der Waals surface area contributed by atoms with Gasteiger partial charge in [0.25, 0.3) is 10.1 Å². The van der Waals surface area contributed by atoms with Gasteiger partial charge in [0, 0.05) is 0 Å². The molecule has 0 fully saturated rings. The normalized spacial score (nSPS) is 14.2. The quantitative estimate of drug-likeness (QED) is 0.689. The van der Waals surface area contributed by atoms with Crippen LogP contribution in [-0.4, -0.2) is 39.0 Å². The number of aliphatic hydroxyl groups is 1. The Morgan fingerprint density at radius 1 is 1.04 bits per heavy atom. The van der Waals surface area contributed by atoms with Crippen molar-refractivity contribution in [2.45, 2.75) is 30.7 Å². The molecule has 0 aliphatic rings. The largest absolute Gasteiger partial charge is 0.388 e. The molecule has 0 saturated carbocycles. The molecule has 2 aromatic carbocycles. The number of hydrogen-bond donors (Lipinski definition) is 1. The van der Waals surface area contributed by atoms with Crippen LogP contribution >= 0.6 is 0 Å². The molecule has 0 aliphatic carbocycles. The summed E-state index contributed by atoms with van der Waals surface area (Å²) in [6.45, 7) is 1.02. The molecule has 7 heteroatoms. The monoisotopic (exact) mass is 368 g/mol. The van der Waals surface area contributed by atoms with Crippen LogP contribution in [-0.2, 0) is 25.6 Å². The minimum absolute atomic E-state index is 0.0554. The molecule has 0 aromatic heterocycles. The maximum Gasteiger partial charge on any atom is 0.297 e. The predicted octanol–water partition coefficient (Wildman–Crippen LogP) is 2.62. The van der Waals surface area contributed by atoms with Crippen molar-refractivity contribution in [3.05, 3.63) is 65.7 Å². The second kappa shape index (κ2) is 9.05. The van der Waals surface area contributed by atoms with Gasteiger partial charge in [0.2, 0.25) is 0 Å². The van der Waals surface area contributed by atoms with E-state index >= 15 is 0 Å². The van der Waals surface area contributed by atoms with E-state index in [1.54, 1.807) is 12.1 Å². The van der Waals surface area contributed by atoms with Gasteiger partial charge in [0.15, 0.2) is 6.17 Å². The lowest BCUT2D eigenvalue weighted by molar-refractivity contribution is -0.0241. The molecular formula is C18H21FO5S. The maximum atomic E-state index is 13.9. The van der Waals surface area contributed by atoms with Gasteiger partial charge in [-0.05, 0) is 24.6 Å². The molecule has 0 radical (unpaired) electrons. The maximum absolute atomic E-state index is 13.9. The van der Waals surface area contributed by atoms with Crippen LogP contribution in [0, 0.1) is 6.92 Å². The fourth-order valence-electron chi connectivity index (χ4n) is 2.01. The van der Waals surface area contributed by atoms with Crippen LogP contribution < -0.4 is 0 Å². The van der Waals surface area contributed by atoms with Crippen molar-refractivity contribution < 1.29 is 26.8 Å². The van der Waals surface area contributed by atoms with E-state index in [9.17, 15) is 17.9 Å². The molecule has 0 bridgehead atoms. The van der Waals surface area contributed by atoms with Gasteiger partial charge in [-0.15, -0.1) is 0 Å². The van der Waals surface area contributed by atoms with E-state index in [1.807, 2.05) is 37.3 Å². The Kier molecular flexibility index (Phi) is 7.07. The minimum atomic E-state index is -4.06. The number of aliphatic hydroxyl groups excluding tert-OH is 1. The molecule has 25 heavy (non-hydrogen) atoms. The standard InChI is InChI=1S/C18H21FO5S/c1-14-7-9-16(10-8-14)25(21,22)24-12-17(19)18(20)13-23-11-15-5-3-2-4-6-15/h2-10,17-18,20H,11-13H2,1H3. The van der Waals surface area contributed by atoms with Gasteiger partial charge in [-0.25, -0.2) is 4.39 Å². The lowest BCUT2D eigenvalue weighted by atomic mass is 10.2. The fourth-order valence-corrected chi connectivity index (χ4v) is 2.93. The summed E-state index contributed by atoms with van der Waals surface area (Å²) >= 11 is 0. The van der Waals surface area contributed by atoms with Gasteiger partial charge in [0.05, 0.1) is 18.1 Å². The summed E-state index contributed by atoms with van der Waals surface area (Å²) in [7, 11) is -4.06. The van der Waals surface area contributed by atoms with Crippen molar-refractivity contribution in [2.24, 2.45) is 0 Å². The van der Waals surface area contributed by atoms with Crippen LogP contribution in [0.2, 0.25) is 0 Å². The molecule has 136 valence electrons. The Morgan fingerprint density at radius 2 is 1.68 bits per heavy atom. The lowest BCUT2D eigenvalue weighted by Gasteiger charge is -2.16. The first-order valence-corrected chi connectivity index (χ1v) is 9.19. The van der Waals surface area contributed by atoms with Crippen LogP contribution in [0.3, 0.4) is 0 Å². The molecule has 0 saturated heterocycles. The molecule has 0 heterocycles. The molecule has 0 aliphatic heterocycles. The van der Waals surface area contributed by atoms with Crippen molar-refractivity contribution in [3.8, 4) is 0 Å². The Labute approximate surface area is 147 Å². The third kappa shape index (κ3) is 6.21. The smallest absolute Gasteiger partial charge is 0.297 e. The summed E-state index contributed by atoms with van der Waals surface area (Å²) < 4.78 is 47.8. The molecule has 0 amide bonds. The second-order valence-corrected chi connectivity index (χ2v) is 7.25. The zero-order valence-electron chi connectivity index (χ0n) is 13.8. The lowest BCUT2D eigenvalue weighted by Crippen LogP contribution is -2.31. The Bertz CT molecular complexity index is 747. The fraction of sp³-hybridized carbons (Fsp3) is 0.333. The summed E-state index contributed by atoms with van der Waals surface area (Å²) in [5.41, 5.74) is 1.79. The minimum Gasteiger partial charge on any atom is -0.388 e. The van der Waals surface area contributed by atoms with E-state index in [1.165, 1.54) is 12.1 Å². The molecule has 2 unspecified atom stereocenters. The summed E-state index contributed by atoms with van der Waals surface area (Å²) in [5, 5.41) is 9.72. The second-order valence-electron chi connectivity index (χ2n) is 5.64. The number of benzene rings is 2. The topological polar surface area (TPSA) is 72.8 Å². The summed E-state index contributed by atoms with van der Waals surface area (Å²) in [6, 6.07) is 15.3. The average molecular weight is 368 g/mol. The highest BCUT2D eigenvalue weighted by molar-refractivity contribution is 7.86. The highest BCUT2D eigenvalue weighted by atomic mass is 32.2. The number of alkyl halides is 1. The van der Waals surface area contributed by atoms with Crippen LogP contribution in [0.1, 0.15) is 11.1 Å². The first kappa shape index (κ1) is 19.5. The van der Waals surface area contributed by atoms with Gasteiger partial charge in [0.1, 0.15) is 12.7 Å². The number of ether oxygens (including phenoxy) is 1. The Morgan fingerprint density at radius 3 is 2.32 bits per heavy atom. The van der Waals surface area contributed by atoms with Crippen molar-refractivity contribution in [2.75, 3.05) is 13.2 Å². The third-order valence-electron chi connectivity index (χ3n) is 3.51. The van der Waals surface area contributed by atoms with E-state index in [0.717, 1.165) is 11.1 Å². The molecule has 2 aromatic rings.